The molecule has 0 saturated carbocycles. The maximum atomic E-state index is 8.76. The number of rotatable bonds is 3. The highest BCUT2D eigenvalue weighted by atomic mass is 35.5. The third kappa shape index (κ3) is 2.24. The van der Waals surface area contributed by atoms with Crippen molar-refractivity contribution in [2.24, 2.45) is 0 Å². The van der Waals surface area contributed by atoms with E-state index in [0.717, 1.165) is 0 Å². The minimum Gasteiger partial charge on any atom is -0.488 e. The number of ether oxygens (including phenoxy) is 1. The normalized spacial score (nSPS) is 8.92. The van der Waals surface area contributed by atoms with Crippen molar-refractivity contribution in [1.29, 1.82) is 5.26 Å². The molecule has 0 radical (unpaired) electrons. The number of halogens is 1. The van der Waals surface area contributed by atoms with Crippen LogP contribution < -0.4 is 4.74 Å². The van der Waals surface area contributed by atoms with Gasteiger partial charge in [0.15, 0.2) is 0 Å². The average molecular weight is 194 g/mol. The van der Waals surface area contributed by atoms with Crippen molar-refractivity contribution in [3.63, 3.8) is 0 Å². The van der Waals surface area contributed by atoms with Crippen LogP contribution in [0.25, 0.3) is 0 Å². The number of hydrogen-bond acceptors (Lipinski definition) is 2. The predicted molar refractivity (Wildman–Crippen MR) is 51.9 cm³/mol. The Labute approximate surface area is 82.0 Å². The number of nitriles is 1. The largest absolute Gasteiger partial charge is 0.488 e. The van der Waals surface area contributed by atoms with E-state index in [1.165, 1.54) is 0 Å². The lowest BCUT2D eigenvalue weighted by atomic mass is 10.2. The minimum absolute atomic E-state index is 0.367. The van der Waals surface area contributed by atoms with Gasteiger partial charge in [0.1, 0.15) is 24.0 Å². The fourth-order valence-corrected chi connectivity index (χ4v) is 1.09. The first-order valence-corrected chi connectivity index (χ1v) is 4.09. The summed E-state index contributed by atoms with van der Waals surface area (Å²) >= 11 is 5.78. The van der Waals surface area contributed by atoms with E-state index in [1.54, 1.807) is 24.3 Å². The minimum atomic E-state index is 0.367. The molecule has 0 aromatic heterocycles. The zero-order chi connectivity index (χ0) is 9.68. The molecule has 13 heavy (non-hydrogen) atoms. The number of benzene rings is 1. The Hall–Kier alpha value is -1.46. The van der Waals surface area contributed by atoms with Crippen molar-refractivity contribution < 1.29 is 4.74 Å². The van der Waals surface area contributed by atoms with Crippen LogP contribution in [0.3, 0.4) is 0 Å². The highest BCUT2D eigenvalue weighted by molar-refractivity contribution is 6.31. The molecule has 0 atom stereocenters. The van der Waals surface area contributed by atoms with E-state index in [9.17, 15) is 0 Å². The molecule has 0 saturated heterocycles. The summed E-state index contributed by atoms with van der Waals surface area (Å²) in [6.45, 7) is 3.88. The van der Waals surface area contributed by atoms with E-state index in [0.29, 0.717) is 22.9 Å². The summed E-state index contributed by atoms with van der Waals surface area (Å²) < 4.78 is 5.23. The molecule has 0 aliphatic carbocycles. The molecule has 0 aliphatic heterocycles. The van der Waals surface area contributed by atoms with Gasteiger partial charge in [-0.1, -0.05) is 30.3 Å². The Morgan fingerprint density at radius 1 is 1.62 bits per heavy atom. The van der Waals surface area contributed by atoms with Crippen molar-refractivity contribution >= 4 is 11.6 Å². The molecule has 1 rings (SSSR count). The summed E-state index contributed by atoms with van der Waals surface area (Å²) in [5.41, 5.74) is 0.367. The predicted octanol–water partition coefficient (Wildman–Crippen LogP) is 2.78. The van der Waals surface area contributed by atoms with Crippen LogP contribution >= 0.6 is 11.6 Å². The number of hydrogen-bond donors (Lipinski definition) is 0. The van der Waals surface area contributed by atoms with Gasteiger partial charge in [-0.05, 0) is 12.1 Å². The molecule has 0 spiro atoms. The quantitative estimate of drug-likeness (QED) is 0.692. The topological polar surface area (TPSA) is 33.0 Å². The van der Waals surface area contributed by atoms with Gasteiger partial charge >= 0.3 is 0 Å². The van der Waals surface area contributed by atoms with Crippen molar-refractivity contribution in [1.82, 2.24) is 0 Å². The first-order valence-electron chi connectivity index (χ1n) is 3.72. The Balaban J connectivity index is 3.00. The average Bonchev–Trinajstić information content (AvgIpc) is 2.15. The molecule has 0 aliphatic rings. The van der Waals surface area contributed by atoms with Gasteiger partial charge in [-0.15, -0.1) is 0 Å². The fourth-order valence-electron chi connectivity index (χ4n) is 0.882. The summed E-state index contributed by atoms with van der Waals surface area (Å²) in [5.74, 6) is 0.495. The Bertz CT molecular complexity index is 354. The molecule has 1 aromatic carbocycles. The van der Waals surface area contributed by atoms with Crippen molar-refractivity contribution in [2.45, 2.75) is 0 Å². The molecule has 0 amide bonds. The molecule has 1 aromatic rings. The van der Waals surface area contributed by atoms with Crippen molar-refractivity contribution in [2.75, 3.05) is 6.61 Å². The van der Waals surface area contributed by atoms with Crippen LogP contribution in [-0.4, -0.2) is 6.61 Å². The third-order valence-corrected chi connectivity index (χ3v) is 1.76. The van der Waals surface area contributed by atoms with E-state index >= 15 is 0 Å². The van der Waals surface area contributed by atoms with Gasteiger partial charge in [-0.3, -0.25) is 0 Å². The maximum absolute atomic E-state index is 8.76. The Morgan fingerprint density at radius 3 is 3.00 bits per heavy atom. The standard InChI is InChI=1S/C10H8ClNO/c1-2-6-13-10-5-3-4-9(11)8(10)7-12/h2-5H,1,6H2. The van der Waals surface area contributed by atoms with Crippen LogP contribution in [0.1, 0.15) is 5.56 Å². The van der Waals surface area contributed by atoms with Crippen LogP contribution in [0.15, 0.2) is 30.9 Å². The summed E-state index contributed by atoms with van der Waals surface area (Å²) in [7, 11) is 0. The summed E-state index contributed by atoms with van der Waals surface area (Å²) in [4.78, 5) is 0. The zero-order valence-electron chi connectivity index (χ0n) is 6.96. The van der Waals surface area contributed by atoms with E-state index in [4.69, 9.17) is 21.6 Å². The molecular formula is C10H8ClNO. The molecular weight excluding hydrogens is 186 g/mol. The molecule has 0 bridgehead atoms. The second-order valence-corrected chi connectivity index (χ2v) is 2.73. The van der Waals surface area contributed by atoms with Gasteiger partial charge in [0, 0.05) is 0 Å². The molecule has 66 valence electrons. The second-order valence-electron chi connectivity index (χ2n) is 2.32. The first-order chi connectivity index (χ1) is 6.29. The van der Waals surface area contributed by atoms with Gasteiger partial charge in [-0.2, -0.15) is 5.26 Å². The molecule has 0 unspecified atom stereocenters. The van der Waals surface area contributed by atoms with Gasteiger partial charge in [0.25, 0.3) is 0 Å². The molecule has 3 heteroatoms. The molecule has 0 fully saturated rings. The van der Waals surface area contributed by atoms with Gasteiger partial charge in [0.2, 0.25) is 0 Å². The van der Waals surface area contributed by atoms with Crippen LogP contribution in [0, 0.1) is 11.3 Å². The van der Waals surface area contributed by atoms with Gasteiger partial charge in [0.05, 0.1) is 5.02 Å². The lowest BCUT2D eigenvalue weighted by Gasteiger charge is -2.05. The number of nitrogens with zero attached hydrogens (tertiary/aromatic N) is 1. The van der Waals surface area contributed by atoms with E-state index in [1.807, 2.05) is 6.07 Å². The monoisotopic (exact) mass is 193 g/mol. The second kappa shape index (κ2) is 4.54. The summed E-state index contributed by atoms with van der Waals surface area (Å²) in [6, 6.07) is 7.08. The van der Waals surface area contributed by atoms with E-state index in [-0.39, 0.29) is 0 Å². The lowest BCUT2D eigenvalue weighted by Crippen LogP contribution is -1.95. The maximum Gasteiger partial charge on any atom is 0.139 e. The Kier molecular flexibility index (Phi) is 3.36. The van der Waals surface area contributed by atoms with Gasteiger partial charge in [-0.25, -0.2) is 0 Å². The van der Waals surface area contributed by atoms with Crippen LogP contribution in [0.4, 0.5) is 0 Å². The lowest BCUT2D eigenvalue weighted by molar-refractivity contribution is 0.362. The van der Waals surface area contributed by atoms with Crippen LogP contribution in [0.2, 0.25) is 5.02 Å². The zero-order valence-corrected chi connectivity index (χ0v) is 7.71. The highest BCUT2D eigenvalue weighted by Gasteiger charge is 2.05. The molecule has 0 heterocycles. The SMILES string of the molecule is C=CCOc1cccc(Cl)c1C#N. The van der Waals surface area contributed by atoms with Gasteiger partial charge < -0.3 is 4.74 Å². The smallest absolute Gasteiger partial charge is 0.139 e. The highest BCUT2D eigenvalue weighted by Crippen LogP contribution is 2.25. The van der Waals surface area contributed by atoms with Crippen LogP contribution in [0.5, 0.6) is 5.75 Å². The molecule has 2 nitrogen and oxygen atoms in total. The summed E-state index contributed by atoms with van der Waals surface area (Å²) in [6.07, 6.45) is 1.61. The van der Waals surface area contributed by atoms with E-state index < -0.39 is 0 Å². The first kappa shape index (κ1) is 9.63. The summed E-state index contributed by atoms with van der Waals surface area (Å²) in [5, 5.41) is 9.16. The fraction of sp³-hybridized carbons (Fsp3) is 0.100. The third-order valence-electron chi connectivity index (χ3n) is 1.44. The molecule has 0 N–H and O–H groups in total. The van der Waals surface area contributed by atoms with Crippen molar-refractivity contribution in [3.05, 3.63) is 41.4 Å². The van der Waals surface area contributed by atoms with E-state index in [2.05, 4.69) is 6.58 Å². The van der Waals surface area contributed by atoms with Crippen LogP contribution in [-0.2, 0) is 0 Å². The van der Waals surface area contributed by atoms with Crippen molar-refractivity contribution in [3.8, 4) is 11.8 Å². The Morgan fingerprint density at radius 2 is 2.38 bits per heavy atom.